The molecule has 1 unspecified atom stereocenters. The van der Waals surface area contributed by atoms with Crippen LogP contribution in [-0.4, -0.2) is 0 Å². The summed E-state index contributed by atoms with van der Waals surface area (Å²) in [6, 6.07) is 10.8. The van der Waals surface area contributed by atoms with Crippen molar-refractivity contribution in [1.82, 2.24) is 0 Å². The molecule has 1 aromatic carbocycles. The monoisotopic (exact) mass is 364 g/mol. The van der Waals surface area contributed by atoms with Crippen LogP contribution in [0.25, 0.3) is 5.57 Å². The van der Waals surface area contributed by atoms with Gasteiger partial charge >= 0.3 is 0 Å². The van der Waals surface area contributed by atoms with Gasteiger partial charge in [0.1, 0.15) is 0 Å². The Kier molecular flexibility index (Phi) is 8.72. The van der Waals surface area contributed by atoms with Crippen LogP contribution in [0.2, 0.25) is 0 Å². The Morgan fingerprint density at radius 2 is 1.52 bits per heavy atom. The van der Waals surface area contributed by atoms with Crippen LogP contribution in [0.5, 0.6) is 0 Å². The highest BCUT2D eigenvalue weighted by Crippen LogP contribution is 2.39. The van der Waals surface area contributed by atoms with Gasteiger partial charge in [0.25, 0.3) is 0 Å². The Labute approximate surface area is 168 Å². The summed E-state index contributed by atoms with van der Waals surface area (Å²) >= 11 is 0. The number of rotatable bonds is 10. The van der Waals surface area contributed by atoms with Gasteiger partial charge in [-0.2, -0.15) is 0 Å². The molecule has 0 nitrogen and oxygen atoms in total. The second-order valence-electron chi connectivity index (χ2n) is 8.97. The summed E-state index contributed by atoms with van der Waals surface area (Å²) in [5.41, 5.74) is 2.78. The lowest BCUT2D eigenvalue weighted by molar-refractivity contribution is 0.218. The van der Waals surface area contributed by atoms with E-state index in [1.807, 2.05) is 0 Å². The van der Waals surface area contributed by atoms with Crippen LogP contribution in [0.1, 0.15) is 96.0 Å². The van der Waals surface area contributed by atoms with E-state index < -0.39 is 0 Å². The van der Waals surface area contributed by atoms with E-state index >= 15 is 0 Å². The van der Waals surface area contributed by atoms with Crippen LogP contribution < -0.4 is 0 Å². The van der Waals surface area contributed by atoms with Gasteiger partial charge in [-0.25, -0.2) is 0 Å². The first kappa shape index (κ1) is 20.4. The highest BCUT2D eigenvalue weighted by atomic mass is 14.3. The maximum absolute atomic E-state index is 2.52. The van der Waals surface area contributed by atoms with Gasteiger partial charge in [0.2, 0.25) is 0 Å². The molecule has 1 fully saturated rings. The Morgan fingerprint density at radius 1 is 0.815 bits per heavy atom. The lowest BCUT2D eigenvalue weighted by Gasteiger charge is -2.33. The minimum Gasteiger partial charge on any atom is -0.0802 e. The molecule has 148 valence electrons. The van der Waals surface area contributed by atoms with Gasteiger partial charge in [-0.3, -0.25) is 0 Å². The Balaban J connectivity index is 1.31. The van der Waals surface area contributed by atoms with Gasteiger partial charge in [-0.1, -0.05) is 120 Å². The van der Waals surface area contributed by atoms with E-state index in [9.17, 15) is 0 Å². The van der Waals surface area contributed by atoms with Crippen molar-refractivity contribution in [1.29, 1.82) is 0 Å². The van der Waals surface area contributed by atoms with Crippen LogP contribution in [0.15, 0.2) is 48.6 Å². The lowest BCUT2D eigenvalue weighted by Crippen LogP contribution is -2.21. The van der Waals surface area contributed by atoms with Crippen molar-refractivity contribution in [3.05, 3.63) is 54.1 Å². The Bertz CT molecular complexity index is 571. The Morgan fingerprint density at radius 3 is 2.19 bits per heavy atom. The maximum Gasteiger partial charge on any atom is -0.0167 e. The van der Waals surface area contributed by atoms with Gasteiger partial charge in [0.15, 0.2) is 0 Å². The summed E-state index contributed by atoms with van der Waals surface area (Å²) < 4.78 is 0. The molecule has 0 aliphatic heterocycles. The number of hydrogen-bond acceptors (Lipinski definition) is 0. The molecule has 2 aliphatic rings. The van der Waals surface area contributed by atoms with Gasteiger partial charge in [0, 0.05) is 0 Å². The zero-order valence-corrected chi connectivity index (χ0v) is 17.5. The molecule has 27 heavy (non-hydrogen) atoms. The molecule has 2 aliphatic carbocycles. The van der Waals surface area contributed by atoms with Gasteiger partial charge in [-0.05, 0) is 48.2 Å². The van der Waals surface area contributed by atoms with Crippen molar-refractivity contribution in [2.24, 2.45) is 17.8 Å². The minimum absolute atomic E-state index is 0.789. The van der Waals surface area contributed by atoms with Crippen LogP contribution in [0.4, 0.5) is 0 Å². The van der Waals surface area contributed by atoms with Crippen LogP contribution >= 0.6 is 0 Å². The predicted molar refractivity (Wildman–Crippen MR) is 120 cm³/mol. The smallest absolute Gasteiger partial charge is 0.0167 e. The average Bonchev–Trinajstić information content (AvgIpc) is 2.74. The first-order chi connectivity index (χ1) is 13.4. The third-order valence-electron chi connectivity index (χ3n) is 6.95. The van der Waals surface area contributed by atoms with Crippen molar-refractivity contribution < 1.29 is 0 Å². The largest absolute Gasteiger partial charge is 0.0802 e. The molecular formula is C27H40. The molecule has 1 aromatic rings. The van der Waals surface area contributed by atoms with Crippen LogP contribution in [-0.2, 0) is 0 Å². The highest BCUT2D eigenvalue weighted by Gasteiger charge is 2.26. The molecule has 0 amide bonds. The van der Waals surface area contributed by atoms with E-state index in [1.165, 1.54) is 94.6 Å². The van der Waals surface area contributed by atoms with Gasteiger partial charge < -0.3 is 0 Å². The second-order valence-corrected chi connectivity index (χ2v) is 8.97. The van der Waals surface area contributed by atoms with E-state index in [4.69, 9.17) is 0 Å². The molecule has 1 atom stereocenters. The molecule has 3 rings (SSSR count). The summed E-state index contributed by atoms with van der Waals surface area (Å²) in [4.78, 5) is 0. The summed E-state index contributed by atoms with van der Waals surface area (Å²) in [5.74, 6) is 2.75. The highest BCUT2D eigenvalue weighted by molar-refractivity contribution is 5.74. The second kappa shape index (κ2) is 11.5. The third-order valence-corrected chi connectivity index (χ3v) is 6.95. The molecule has 0 heterocycles. The SMILES string of the molecule is CCCCCCCCC[C@H]1CC[C@H](C2C=CC(c3ccccc3)=CC2)CC1. The average molecular weight is 365 g/mol. The molecule has 0 saturated heterocycles. The first-order valence-corrected chi connectivity index (χ1v) is 11.8. The normalized spacial score (nSPS) is 25.4. The molecule has 1 saturated carbocycles. The fourth-order valence-corrected chi connectivity index (χ4v) is 5.13. The number of unbranched alkanes of at least 4 members (excludes halogenated alkanes) is 6. The fourth-order valence-electron chi connectivity index (χ4n) is 5.13. The summed E-state index contributed by atoms with van der Waals surface area (Å²) in [6.45, 7) is 2.30. The number of benzene rings is 1. The minimum atomic E-state index is 0.789. The van der Waals surface area contributed by atoms with E-state index in [1.54, 1.807) is 0 Å². The molecule has 0 radical (unpaired) electrons. The first-order valence-electron chi connectivity index (χ1n) is 11.8. The zero-order valence-electron chi connectivity index (χ0n) is 17.5. The number of hydrogen-bond donors (Lipinski definition) is 0. The maximum atomic E-state index is 2.52. The summed E-state index contributed by atoms with van der Waals surface area (Å²) in [6.07, 6.45) is 26.2. The zero-order chi connectivity index (χ0) is 18.7. The quantitative estimate of drug-likeness (QED) is 0.365. The lowest BCUT2D eigenvalue weighted by atomic mass is 9.72. The van der Waals surface area contributed by atoms with E-state index in [0.29, 0.717) is 0 Å². The van der Waals surface area contributed by atoms with Crippen molar-refractivity contribution in [2.45, 2.75) is 90.4 Å². The standard InChI is InChI=1S/C27H40/c1-2-3-4-5-6-7-9-12-23-15-17-25(18-16-23)27-21-19-26(20-22-27)24-13-10-8-11-14-24/h8,10-11,13-14,19-21,23,25,27H,2-7,9,12,15-18,22H2,1H3/t23-,25-,27?. The molecule has 0 bridgehead atoms. The van der Waals surface area contributed by atoms with Crippen molar-refractivity contribution >= 4 is 5.57 Å². The molecule has 0 spiro atoms. The molecular weight excluding hydrogens is 324 g/mol. The molecule has 0 aromatic heterocycles. The molecule has 0 heteroatoms. The van der Waals surface area contributed by atoms with Crippen molar-refractivity contribution in [3.8, 4) is 0 Å². The topological polar surface area (TPSA) is 0 Å². The van der Waals surface area contributed by atoms with E-state index in [2.05, 4.69) is 55.5 Å². The number of allylic oxidation sites excluding steroid dienone is 4. The molecule has 0 N–H and O–H groups in total. The summed E-state index contributed by atoms with van der Waals surface area (Å²) in [7, 11) is 0. The van der Waals surface area contributed by atoms with E-state index in [-0.39, 0.29) is 0 Å². The summed E-state index contributed by atoms with van der Waals surface area (Å²) in [5, 5.41) is 0. The van der Waals surface area contributed by atoms with Crippen LogP contribution in [0, 0.1) is 17.8 Å². The van der Waals surface area contributed by atoms with Crippen molar-refractivity contribution in [2.75, 3.05) is 0 Å². The van der Waals surface area contributed by atoms with Gasteiger partial charge in [0.05, 0.1) is 0 Å². The third kappa shape index (κ3) is 6.66. The van der Waals surface area contributed by atoms with Crippen LogP contribution in [0.3, 0.4) is 0 Å². The fraction of sp³-hybridized carbons (Fsp3) is 0.630. The predicted octanol–water partition coefficient (Wildman–Crippen LogP) is 8.59. The van der Waals surface area contributed by atoms with E-state index in [0.717, 1.165) is 17.8 Å². The van der Waals surface area contributed by atoms with Crippen molar-refractivity contribution in [3.63, 3.8) is 0 Å². The van der Waals surface area contributed by atoms with Gasteiger partial charge in [-0.15, -0.1) is 0 Å². The Hall–Kier alpha value is -1.30.